The normalized spacial score (nSPS) is 17.9. The molecule has 1 heterocycles. The molecule has 0 aromatic heterocycles. The van der Waals surface area contributed by atoms with Gasteiger partial charge in [-0.3, -0.25) is 9.69 Å². The molecule has 0 atom stereocenters. The maximum Gasteiger partial charge on any atom is 0.266 e. The van der Waals surface area contributed by atoms with Crippen molar-refractivity contribution in [3.63, 3.8) is 0 Å². The summed E-state index contributed by atoms with van der Waals surface area (Å²) in [4.78, 5) is 19.5. The summed E-state index contributed by atoms with van der Waals surface area (Å²) < 4.78 is 0. The van der Waals surface area contributed by atoms with Gasteiger partial charge in [-0.05, 0) is 54.9 Å². The number of hydrogen-bond donors (Lipinski definition) is 1. The van der Waals surface area contributed by atoms with Crippen molar-refractivity contribution in [1.29, 1.82) is 0 Å². The summed E-state index contributed by atoms with van der Waals surface area (Å²) in [6, 6.07) is 14.7. The van der Waals surface area contributed by atoms with Crippen LogP contribution in [0, 0.1) is 6.92 Å². The van der Waals surface area contributed by atoms with Crippen LogP contribution in [0.2, 0.25) is 0 Å². The number of carbonyl (C=O) groups is 1. The number of nitrogens with zero attached hydrogens (tertiary/aromatic N) is 2. The van der Waals surface area contributed by atoms with Gasteiger partial charge in [-0.1, -0.05) is 30.3 Å². The monoisotopic (exact) mass is 338 g/mol. The summed E-state index contributed by atoms with van der Waals surface area (Å²) in [5.41, 5.74) is 2.78. The summed E-state index contributed by atoms with van der Waals surface area (Å²) in [6.45, 7) is 4.50. The highest BCUT2D eigenvalue weighted by Crippen LogP contribution is 2.34. The van der Waals surface area contributed by atoms with Gasteiger partial charge in [0.1, 0.15) is 5.75 Å². The highest BCUT2D eigenvalue weighted by molar-refractivity contribution is 8.18. The number of likely N-dealkylation sites (N-methyl/N-ethyl adjacent to an activating group) is 1. The second kappa shape index (κ2) is 6.93. The van der Waals surface area contributed by atoms with Crippen molar-refractivity contribution in [3.05, 3.63) is 64.6 Å². The van der Waals surface area contributed by atoms with Crippen molar-refractivity contribution in [2.75, 3.05) is 6.54 Å². The van der Waals surface area contributed by atoms with Crippen molar-refractivity contribution >= 4 is 34.6 Å². The van der Waals surface area contributed by atoms with E-state index in [4.69, 9.17) is 0 Å². The number of thioether (sulfide) groups is 1. The average Bonchev–Trinajstić information content (AvgIpc) is 2.84. The first-order chi connectivity index (χ1) is 11.6. The number of carbonyl (C=O) groups excluding carboxylic acids is 1. The maximum atomic E-state index is 12.6. The number of hydrogen-bond acceptors (Lipinski definition) is 4. The van der Waals surface area contributed by atoms with Crippen molar-refractivity contribution in [2.45, 2.75) is 13.8 Å². The molecule has 3 rings (SSSR count). The molecule has 122 valence electrons. The van der Waals surface area contributed by atoms with Gasteiger partial charge in [0.15, 0.2) is 5.17 Å². The number of benzene rings is 2. The Morgan fingerprint density at radius 1 is 1.21 bits per heavy atom. The molecular formula is C19H18N2O2S. The third-order valence-corrected chi connectivity index (χ3v) is 4.74. The Balaban J connectivity index is 1.96. The molecule has 2 aromatic carbocycles. The summed E-state index contributed by atoms with van der Waals surface area (Å²) in [5, 5.41) is 10.2. The predicted octanol–water partition coefficient (Wildman–Crippen LogP) is 4.32. The molecule has 0 spiro atoms. The van der Waals surface area contributed by atoms with Crippen LogP contribution in [-0.2, 0) is 4.79 Å². The van der Waals surface area contributed by atoms with Crippen LogP contribution in [0.3, 0.4) is 0 Å². The van der Waals surface area contributed by atoms with E-state index < -0.39 is 0 Å². The standard InChI is InChI=1S/C19H18N2O2S/c1-3-21-18(23)17(11-14-8-5-4-7-13(14)2)24-19(21)20-15-9-6-10-16(22)12-15/h4-12,22H,3H2,1-2H3/b17-11-,20-19?. The van der Waals surface area contributed by atoms with Crippen molar-refractivity contribution in [1.82, 2.24) is 4.90 Å². The van der Waals surface area contributed by atoms with Gasteiger partial charge in [-0.2, -0.15) is 0 Å². The number of amidine groups is 1. The Kier molecular flexibility index (Phi) is 4.71. The minimum atomic E-state index is -0.0374. The van der Waals surface area contributed by atoms with E-state index in [1.165, 1.54) is 11.8 Å². The van der Waals surface area contributed by atoms with E-state index in [1.54, 1.807) is 29.2 Å². The van der Waals surface area contributed by atoms with Crippen LogP contribution in [-0.4, -0.2) is 27.6 Å². The summed E-state index contributed by atoms with van der Waals surface area (Å²) >= 11 is 1.36. The summed E-state index contributed by atoms with van der Waals surface area (Å²) in [6.07, 6.45) is 1.91. The Labute approximate surface area is 145 Å². The SMILES string of the molecule is CCN1C(=O)/C(=C/c2ccccc2C)SC1=Nc1cccc(O)c1. The molecule has 1 aliphatic heterocycles. The van der Waals surface area contributed by atoms with Gasteiger partial charge < -0.3 is 5.11 Å². The molecule has 4 nitrogen and oxygen atoms in total. The van der Waals surface area contributed by atoms with Gasteiger partial charge >= 0.3 is 0 Å². The molecule has 24 heavy (non-hydrogen) atoms. The van der Waals surface area contributed by atoms with Crippen molar-refractivity contribution in [3.8, 4) is 5.75 Å². The van der Waals surface area contributed by atoms with Crippen LogP contribution in [0.5, 0.6) is 5.75 Å². The van der Waals surface area contributed by atoms with Crippen LogP contribution < -0.4 is 0 Å². The molecule has 1 aliphatic rings. The zero-order chi connectivity index (χ0) is 17.1. The van der Waals surface area contributed by atoms with E-state index in [9.17, 15) is 9.90 Å². The van der Waals surface area contributed by atoms with Crippen molar-refractivity contribution < 1.29 is 9.90 Å². The first kappa shape index (κ1) is 16.3. The molecule has 1 fully saturated rings. The Morgan fingerprint density at radius 2 is 2.00 bits per heavy atom. The third kappa shape index (κ3) is 3.36. The van der Waals surface area contributed by atoms with E-state index >= 15 is 0 Å². The molecule has 0 radical (unpaired) electrons. The highest BCUT2D eigenvalue weighted by atomic mass is 32.2. The average molecular weight is 338 g/mol. The van der Waals surface area contributed by atoms with Crippen LogP contribution >= 0.6 is 11.8 Å². The molecule has 1 amide bonds. The number of aliphatic imine (C=N–C) groups is 1. The van der Waals surface area contributed by atoms with Crippen LogP contribution in [0.15, 0.2) is 58.4 Å². The largest absolute Gasteiger partial charge is 0.508 e. The fourth-order valence-corrected chi connectivity index (χ4v) is 3.49. The van der Waals surface area contributed by atoms with Gasteiger partial charge in [-0.25, -0.2) is 4.99 Å². The van der Waals surface area contributed by atoms with E-state index in [0.29, 0.717) is 22.3 Å². The second-order valence-electron chi connectivity index (χ2n) is 5.43. The van der Waals surface area contributed by atoms with E-state index in [-0.39, 0.29) is 11.7 Å². The molecule has 0 bridgehead atoms. The zero-order valence-corrected chi connectivity index (χ0v) is 14.4. The Morgan fingerprint density at radius 3 is 2.71 bits per heavy atom. The van der Waals surface area contributed by atoms with Gasteiger partial charge in [0, 0.05) is 12.6 Å². The fraction of sp³-hybridized carbons (Fsp3) is 0.158. The lowest BCUT2D eigenvalue weighted by Crippen LogP contribution is -2.28. The highest BCUT2D eigenvalue weighted by Gasteiger charge is 2.32. The quantitative estimate of drug-likeness (QED) is 0.848. The van der Waals surface area contributed by atoms with Crippen LogP contribution in [0.25, 0.3) is 6.08 Å². The minimum absolute atomic E-state index is 0.0374. The van der Waals surface area contributed by atoms with E-state index in [0.717, 1.165) is 11.1 Å². The van der Waals surface area contributed by atoms with E-state index in [1.807, 2.05) is 44.2 Å². The van der Waals surface area contributed by atoms with Crippen LogP contribution in [0.4, 0.5) is 5.69 Å². The first-order valence-electron chi connectivity index (χ1n) is 7.73. The molecule has 0 unspecified atom stereocenters. The molecule has 2 aromatic rings. The Bertz CT molecular complexity index is 843. The minimum Gasteiger partial charge on any atom is -0.508 e. The molecular weight excluding hydrogens is 320 g/mol. The van der Waals surface area contributed by atoms with Crippen LogP contribution in [0.1, 0.15) is 18.1 Å². The summed E-state index contributed by atoms with van der Waals surface area (Å²) in [7, 11) is 0. The lowest BCUT2D eigenvalue weighted by molar-refractivity contribution is -0.122. The lowest BCUT2D eigenvalue weighted by atomic mass is 10.1. The number of aromatic hydroxyl groups is 1. The number of phenols is 1. The zero-order valence-electron chi connectivity index (χ0n) is 13.6. The molecule has 1 N–H and O–H groups in total. The fourth-order valence-electron chi connectivity index (χ4n) is 2.43. The molecule has 1 saturated heterocycles. The first-order valence-corrected chi connectivity index (χ1v) is 8.55. The van der Waals surface area contributed by atoms with E-state index in [2.05, 4.69) is 4.99 Å². The van der Waals surface area contributed by atoms with Gasteiger partial charge in [0.25, 0.3) is 5.91 Å². The number of rotatable bonds is 3. The predicted molar refractivity (Wildman–Crippen MR) is 99.3 cm³/mol. The third-order valence-electron chi connectivity index (χ3n) is 3.73. The molecule has 5 heteroatoms. The van der Waals surface area contributed by atoms with Gasteiger partial charge in [-0.15, -0.1) is 0 Å². The number of aryl methyl sites for hydroxylation is 1. The number of amides is 1. The Hall–Kier alpha value is -2.53. The molecule has 0 aliphatic carbocycles. The molecule has 0 saturated carbocycles. The van der Waals surface area contributed by atoms with Gasteiger partial charge in [0.05, 0.1) is 10.6 Å². The van der Waals surface area contributed by atoms with Gasteiger partial charge in [0.2, 0.25) is 0 Å². The second-order valence-corrected chi connectivity index (χ2v) is 6.44. The smallest absolute Gasteiger partial charge is 0.266 e. The van der Waals surface area contributed by atoms with Crippen molar-refractivity contribution in [2.24, 2.45) is 4.99 Å². The summed E-state index contributed by atoms with van der Waals surface area (Å²) in [5.74, 6) is 0.120. The number of phenolic OH excluding ortho intramolecular Hbond substituents is 1. The topological polar surface area (TPSA) is 52.9 Å². The maximum absolute atomic E-state index is 12.6. The lowest BCUT2D eigenvalue weighted by Gasteiger charge is -2.12.